The molecule has 1 heterocycles. The molecule has 0 atom stereocenters. The third-order valence-corrected chi connectivity index (χ3v) is 5.22. The second-order valence-electron chi connectivity index (χ2n) is 5.72. The van der Waals surface area contributed by atoms with Crippen LogP contribution in [0, 0.1) is 0 Å². The Bertz CT molecular complexity index is 950. The Balaban J connectivity index is 1.55. The van der Waals surface area contributed by atoms with Crippen LogP contribution in [0.25, 0.3) is 11.3 Å². The van der Waals surface area contributed by atoms with Crippen molar-refractivity contribution in [1.82, 2.24) is 4.98 Å². The first-order chi connectivity index (χ1) is 12.3. The van der Waals surface area contributed by atoms with Gasteiger partial charge < -0.3 is 9.84 Å². The molecule has 1 aliphatic rings. The summed E-state index contributed by atoms with van der Waals surface area (Å²) in [6, 6.07) is 13.7. The fourth-order valence-corrected chi connectivity index (χ4v) is 3.89. The van der Waals surface area contributed by atoms with Crippen molar-refractivity contribution in [2.75, 3.05) is 12.5 Å². The SMILES string of the molecule is COc1cccc(/C=N/Nc2nc3c(s2)CCc2ccccc2-3)c1O. The maximum absolute atomic E-state index is 10.1. The van der Waals surface area contributed by atoms with Crippen LogP contribution < -0.4 is 10.2 Å². The van der Waals surface area contributed by atoms with E-state index in [0.29, 0.717) is 11.3 Å². The Morgan fingerprint density at radius 3 is 2.96 bits per heavy atom. The number of anilines is 1. The summed E-state index contributed by atoms with van der Waals surface area (Å²) < 4.78 is 5.10. The first-order valence-corrected chi connectivity index (χ1v) is 8.81. The molecule has 0 saturated heterocycles. The molecule has 0 fully saturated rings. The van der Waals surface area contributed by atoms with Gasteiger partial charge in [0.1, 0.15) is 0 Å². The summed E-state index contributed by atoms with van der Waals surface area (Å²) in [7, 11) is 1.52. The molecular formula is C19H17N3O2S. The average molecular weight is 351 g/mol. The number of benzene rings is 2. The third-order valence-electron chi connectivity index (χ3n) is 4.21. The maximum atomic E-state index is 10.1. The van der Waals surface area contributed by atoms with Gasteiger partial charge in [0.05, 0.1) is 19.0 Å². The molecule has 0 unspecified atom stereocenters. The molecule has 4 rings (SSSR count). The van der Waals surface area contributed by atoms with Crippen LogP contribution in [0.4, 0.5) is 5.13 Å². The Hall–Kier alpha value is -2.86. The quantitative estimate of drug-likeness (QED) is 0.549. The Labute approximate surface area is 149 Å². The molecule has 25 heavy (non-hydrogen) atoms. The highest BCUT2D eigenvalue weighted by atomic mass is 32.1. The van der Waals surface area contributed by atoms with Gasteiger partial charge in [-0.3, -0.25) is 5.43 Å². The van der Waals surface area contributed by atoms with E-state index in [1.165, 1.54) is 23.1 Å². The van der Waals surface area contributed by atoms with Crippen molar-refractivity contribution < 1.29 is 9.84 Å². The second kappa shape index (κ2) is 6.57. The number of hydrogen-bond donors (Lipinski definition) is 2. The van der Waals surface area contributed by atoms with Crippen LogP contribution in [0.3, 0.4) is 0 Å². The minimum absolute atomic E-state index is 0.0721. The van der Waals surface area contributed by atoms with Crippen molar-refractivity contribution in [1.29, 1.82) is 0 Å². The number of aryl methyl sites for hydroxylation is 2. The van der Waals surface area contributed by atoms with Crippen molar-refractivity contribution >= 4 is 22.7 Å². The van der Waals surface area contributed by atoms with Gasteiger partial charge in [-0.2, -0.15) is 5.10 Å². The highest BCUT2D eigenvalue weighted by molar-refractivity contribution is 7.16. The fourth-order valence-electron chi connectivity index (χ4n) is 2.96. The number of thiazole rings is 1. The van der Waals surface area contributed by atoms with Crippen molar-refractivity contribution in [3.8, 4) is 22.8 Å². The van der Waals surface area contributed by atoms with E-state index in [2.05, 4.69) is 33.7 Å². The number of nitrogens with one attached hydrogen (secondary N) is 1. The molecule has 2 aromatic carbocycles. The van der Waals surface area contributed by atoms with Crippen LogP contribution in [0.1, 0.15) is 16.0 Å². The minimum atomic E-state index is 0.0721. The van der Waals surface area contributed by atoms with Crippen molar-refractivity contribution in [3.05, 3.63) is 58.5 Å². The van der Waals surface area contributed by atoms with Gasteiger partial charge >= 0.3 is 0 Å². The molecule has 0 radical (unpaired) electrons. The number of nitrogens with zero attached hydrogens (tertiary/aromatic N) is 2. The van der Waals surface area contributed by atoms with Gasteiger partial charge in [0.15, 0.2) is 11.5 Å². The molecule has 1 aliphatic carbocycles. The summed E-state index contributed by atoms with van der Waals surface area (Å²) in [5.41, 5.74) is 7.16. The number of para-hydroxylation sites is 1. The lowest BCUT2D eigenvalue weighted by Crippen LogP contribution is -2.01. The van der Waals surface area contributed by atoms with E-state index in [4.69, 9.17) is 4.74 Å². The first-order valence-electron chi connectivity index (χ1n) is 7.99. The molecule has 0 saturated carbocycles. The summed E-state index contributed by atoms with van der Waals surface area (Å²) in [6.07, 6.45) is 3.62. The molecule has 0 aliphatic heterocycles. The van der Waals surface area contributed by atoms with Crippen molar-refractivity contribution in [2.24, 2.45) is 5.10 Å². The molecule has 0 bridgehead atoms. The van der Waals surface area contributed by atoms with Gasteiger partial charge in [0, 0.05) is 16.0 Å². The van der Waals surface area contributed by atoms with Crippen LogP contribution in [0.2, 0.25) is 0 Å². The Kier molecular flexibility index (Phi) is 4.11. The second-order valence-corrected chi connectivity index (χ2v) is 6.80. The molecule has 6 heteroatoms. The highest BCUT2D eigenvalue weighted by Gasteiger charge is 2.20. The van der Waals surface area contributed by atoms with E-state index in [-0.39, 0.29) is 5.75 Å². The summed E-state index contributed by atoms with van der Waals surface area (Å²) in [6.45, 7) is 0. The summed E-state index contributed by atoms with van der Waals surface area (Å²) in [5, 5.41) is 15.0. The number of rotatable bonds is 4. The number of hydrogen-bond acceptors (Lipinski definition) is 6. The molecule has 5 nitrogen and oxygen atoms in total. The summed E-state index contributed by atoms with van der Waals surface area (Å²) in [4.78, 5) is 5.96. The Morgan fingerprint density at radius 2 is 2.08 bits per heavy atom. The average Bonchev–Trinajstić information content (AvgIpc) is 3.06. The fraction of sp³-hybridized carbons (Fsp3) is 0.158. The normalized spacial score (nSPS) is 12.7. The van der Waals surface area contributed by atoms with Crippen LogP contribution in [0.15, 0.2) is 47.6 Å². The third kappa shape index (κ3) is 2.96. The van der Waals surface area contributed by atoms with Gasteiger partial charge in [-0.15, -0.1) is 0 Å². The van der Waals surface area contributed by atoms with Crippen LogP contribution >= 0.6 is 11.3 Å². The zero-order valence-corrected chi connectivity index (χ0v) is 14.5. The summed E-state index contributed by atoms with van der Waals surface area (Å²) >= 11 is 1.62. The van der Waals surface area contributed by atoms with Crippen molar-refractivity contribution in [3.63, 3.8) is 0 Å². The van der Waals surface area contributed by atoms with Crippen LogP contribution in [0.5, 0.6) is 11.5 Å². The highest BCUT2D eigenvalue weighted by Crippen LogP contribution is 2.38. The standard InChI is InChI=1S/C19H17N3O2S/c1-24-15-8-4-6-13(18(15)23)11-20-22-19-21-17-14-7-3-2-5-12(14)9-10-16(17)25-19/h2-8,11,23H,9-10H2,1H3,(H,21,22)/b20-11+. The van der Waals surface area contributed by atoms with E-state index < -0.39 is 0 Å². The number of methoxy groups -OCH3 is 1. The van der Waals surface area contributed by atoms with E-state index in [1.807, 2.05) is 6.07 Å². The van der Waals surface area contributed by atoms with E-state index in [0.717, 1.165) is 23.7 Å². The Morgan fingerprint density at radius 1 is 1.20 bits per heavy atom. The minimum Gasteiger partial charge on any atom is -0.504 e. The first kappa shape index (κ1) is 15.7. The number of hydrazone groups is 1. The number of aromatic nitrogens is 1. The predicted molar refractivity (Wildman–Crippen MR) is 101 cm³/mol. The molecule has 2 N–H and O–H groups in total. The van der Waals surface area contributed by atoms with Gasteiger partial charge in [-0.05, 0) is 30.5 Å². The van der Waals surface area contributed by atoms with E-state index >= 15 is 0 Å². The predicted octanol–water partition coefficient (Wildman–Crippen LogP) is 4.07. The topological polar surface area (TPSA) is 66.7 Å². The number of aromatic hydroxyl groups is 1. The van der Waals surface area contributed by atoms with Crippen LogP contribution in [-0.4, -0.2) is 23.4 Å². The smallest absolute Gasteiger partial charge is 0.204 e. The van der Waals surface area contributed by atoms with Gasteiger partial charge in [0.2, 0.25) is 5.13 Å². The maximum Gasteiger partial charge on any atom is 0.204 e. The van der Waals surface area contributed by atoms with Gasteiger partial charge in [-0.25, -0.2) is 4.98 Å². The molecule has 126 valence electrons. The zero-order chi connectivity index (χ0) is 17.2. The molecule has 0 amide bonds. The van der Waals surface area contributed by atoms with Crippen LogP contribution in [-0.2, 0) is 12.8 Å². The molecule has 1 aromatic heterocycles. The summed E-state index contributed by atoms with van der Waals surface area (Å²) in [5.74, 6) is 0.494. The lowest BCUT2D eigenvalue weighted by molar-refractivity contribution is 0.373. The molecular weight excluding hydrogens is 334 g/mol. The van der Waals surface area contributed by atoms with Gasteiger partial charge in [0.25, 0.3) is 0 Å². The number of ether oxygens (including phenoxy) is 1. The lowest BCUT2D eigenvalue weighted by atomic mass is 9.94. The number of phenolic OH excluding ortho intramolecular Hbond substituents is 1. The van der Waals surface area contributed by atoms with E-state index in [1.54, 1.807) is 35.8 Å². The zero-order valence-electron chi connectivity index (χ0n) is 13.7. The van der Waals surface area contributed by atoms with E-state index in [9.17, 15) is 5.11 Å². The van der Waals surface area contributed by atoms with Gasteiger partial charge in [-0.1, -0.05) is 41.7 Å². The lowest BCUT2D eigenvalue weighted by Gasteiger charge is -2.13. The molecule has 0 spiro atoms. The largest absolute Gasteiger partial charge is 0.504 e. The number of phenols is 1. The number of fused-ring (bicyclic) bond motifs is 3. The monoisotopic (exact) mass is 351 g/mol. The molecule has 3 aromatic rings. The van der Waals surface area contributed by atoms with Crippen molar-refractivity contribution in [2.45, 2.75) is 12.8 Å².